The van der Waals surface area contributed by atoms with Gasteiger partial charge in [-0.1, -0.05) is 31.0 Å². The molecule has 4 rings (SSSR count). The average Bonchev–Trinajstić information content (AvgIpc) is 3.20. The van der Waals surface area contributed by atoms with Crippen LogP contribution in [-0.2, 0) is 13.1 Å². The first kappa shape index (κ1) is 21.5. The standard InChI is InChI=1S/C25H35N5O/c1-28(20-22-10-4-5-11-23(22)29-14-8-9-15-29)25(31)27-19-21-12-13-26-24(18-21)30-16-6-2-3-7-17-30/h4-5,10-13,18H,2-3,6-9,14-17,19-20H2,1H3,(H,27,31). The smallest absolute Gasteiger partial charge is 0.317 e. The molecule has 6 heteroatoms. The van der Waals surface area contributed by atoms with Crippen LogP contribution in [0.2, 0.25) is 0 Å². The van der Waals surface area contributed by atoms with Gasteiger partial charge in [0, 0.05) is 58.2 Å². The van der Waals surface area contributed by atoms with Crippen LogP contribution in [0, 0.1) is 0 Å². The average molecular weight is 422 g/mol. The lowest BCUT2D eigenvalue weighted by Gasteiger charge is -2.25. The van der Waals surface area contributed by atoms with E-state index in [1.54, 1.807) is 4.90 Å². The monoisotopic (exact) mass is 421 g/mol. The van der Waals surface area contributed by atoms with Crippen LogP contribution >= 0.6 is 0 Å². The molecule has 0 bridgehead atoms. The van der Waals surface area contributed by atoms with Gasteiger partial charge >= 0.3 is 6.03 Å². The van der Waals surface area contributed by atoms with Gasteiger partial charge in [0.25, 0.3) is 0 Å². The molecule has 0 saturated carbocycles. The number of benzene rings is 1. The molecule has 2 aliphatic rings. The van der Waals surface area contributed by atoms with E-state index >= 15 is 0 Å². The van der Waals surface area contributed by atoms with E-state index < -0.39 is 0 Å². The van der Waals surface area contributed by atoms with Crippen molar-refractivity contribution in [2.75, 3.05) is 43.0 Å². The maximum Gasteiger partial charge on any atom is 0.317 e. The highest BCUT2D eigenvalue weighted by molar-refractivity contribution is 5.74. The number of nitrogens with one attached hydrogen (secondary N) is 1. The number of aromatic nitrogens is 1. The van der Waals surface area contributed by atoms with Gasteiger partial charge < -0.3 is 20.0 Å². The summed E-state index contributed by atoms with van der Waals surface area (Å²) in [4.78, 5) is 23.9. The lowest BCUT2D eigenvalue weighted by atomic mass is 10.1. The fraction of sp³-hybridized carbons (Fsp3) is 0.520. The minimum atomic E-state index is -0.0515. The summed E-state index contributed by atoms with van der Waals surface area (Å²) in [5.74, 6) is 1.03. The highest BCUT2D eigenvalue weighted by atomic mass is 16.2. The van der Waals surface area contributed by atoms with Gasteiger partial charge in [0.2, 0.25) is 0 Å². The van der Waals surface area contributed by atoms with E-state index in [4.69, 9.17) is 0 Å². The first-order chi connectivity index (χ1) is 15.2. The Balaban J connectivity index is 1.33. The molecular formula is C25H35N5O. The van der Waals surface area contributed by atoms with E-state index in [9.17, 15) is 4.79 Å². The van der Waals surface area contributed by atoms with Gasteiger partial charge in [0.05, 0.1) is 0 Å². The lowest BCUT2D eigenvalue weighted by molar-refractivity contribution is 0.206. The Morgan fingerprint density at radius 1 is 0.968 bits per heavy atom. The highest BCUT2D eigenvalue weighted by Gasteiger charge is 2.18. The van der Waals surface area contributed by atoms with Crippen molar-refractivity contribution in [3.63, 3.8) is 0 Å². The highest BCUT2D eigenvalue weighted by Crippen LogP contribution is 2.25. The summed E-state index contributed by atoms with van der Waals surface area (Å²) in [5.41, 5.74) is 3.55. The molecule has 166 valence electrons. The third-order valence-electron chi connectivity index (χ3n) is 6.38. The molecule has 0 radical (unpaired) electrons. The third-order valence-corrected chi connectivity index (χ3v) is 6.38. The Bertz CT molecular complexity index is 856. The van der Waals surface area contributed by atoms with E-state index in [0.717, 1.165) is 37.6 Å². The van der Waals surface area contributed by atoms with Crippen LogP contribution in [0.25, 0.3) is 0 Å². The van der Waals surface area contributed by atoms with Gasteiger partial charge in [0.15, 0.2) is 0 Å². The number of nitrogens with zero attached hydrogens (tertiary/aromatic N) is 4. The molecule has 1 N–H and O–H groups in total. The minimum Gasteiger partial charge on any atom is -0.371 e. The zero-order valence-corrected chi connectivity index (χ0v) is 18.7. The summed E-state index contributed by atoms with van der Waals surface area (Å²) >= 11 is 0. The van der Waals surface area contributed by atoms with Crippen LogP contribution in [0.3, 0.4) is 0 Å². The number of hydrogen-bond donors (Lipinski definition) is 1. The Morgan fingerprint density at radius 2 is 1.65 bits per heavy atom. The Labute approximate surface area is 186 Å². The van der Waals surface area contributed by atoms with Crippen molar-refractivity contribution in [3.8, 4) is 0 Å². The van der Waals surface area contributed by atoms with Gasteiger partial charge in [0.1, 0.15) is 5.82 Å². The van der Waals surface area contributed by atoms with E-state index in [-0.39, 0.29) is 6.03 Å². The molecule has 6 nitrogen and oxygen atoms in total. The number of urea groups is 1. The fourth-order valence-corrected chi connectivity index (χ4v) is 4.59. The van der Waals surface area contributed by atoms with E-state index in [1.807, 2.05) is 19.3 Å². The summed E-state index contributed by atoms with van der Waals surface area (Å²) in [6.07, 6.45) is 9.42. The molecular weight excluding hydrogens is 386 g/mol. The number of rotatable bonds is 6. The molecule has 0 unspecified atom stereocenters. The fourth-order valence-electron chi connectivity index (χ4n) is 4.59. The quantitative estimate of drug-likeness (QED) is 0.751. The summed E-state index contributed by atoms with van der Waals surface area (Å²) in [6, 6.07) is 12.5. The molecule has 2 amide bonds. The SMILES string of the molecule is CN(Cc1ccccc1N1CCCC1)C(=O)NCc1ccnc(N2CCCCCC2)c1. The Kier molecular flexibility index (Phi) is 7.28. The lowest BCUT2D eigenvalue weighted by Crippen LogP contribution is -2.36. The van der Waals surface area contributed by atoms with E-state index in [2.05, 4.69) is 50.4 Å². The predicted molar refractivity (Wildman–Crippen MR) is 127 cm³/mol. The van der Waals surface area contributed by atoms with Gasteiger partial charge in [-0.05, 0) is 55.0 Å². The maximum absolute atomic E-state index is 12.8. The van der Waals surface area contributed by atoms with Gasteiger partial charge in [-0.15, -0.1) is 0 Å². The molecule has 3 heterocycles. The zero-order valence-electron chi connectivity index (χ0n) is 18.7. The van der Waals surface area contributed by atoms with Gasteiger partial charge in [-0.3, -0.25) is 0 Å². The van der Waals surface area contributed by atoms with Gasteiger partial charge in [-0.2, -0.15) is 0 Å². The second-order valence-corrected chi connectivity index (χ2v) is 8.76. The number of carbonyl (C=O) groups excluding carboxylic acids is 1. The predicted octanol–water partition coefficient (Wildman–Crippen LogP) is 4.40. The van der Waals surface area contributed by atoms with Crippen LogP contribution < -0.4 is 15.1 Å². The molecule has 1 aromatic heterocycles. The number of pyridine rings is 1. The second-order valence-electron chi connectivity index (χ2n) is 8.76. The zero-order chi connectivity index (χ0) is 21.5. The summed E-state index contributed by atoms with van der Waals surface area (Å²) in [5, 5.41) is 3.08. The van der Waals surface area contributed by atoms with Crippen LogP contribution in [0.4, 0.5) is 16.3 Å². The molecule has 2 aliphatic heterocycles. The van der Waals surface area contributed by atoms with Crippen molar-refractivity contribution in [1.82, 2.24) is 15.2 Å². The maximum atomic E-state index is 12.8. The van der Waals surface area contributed by atoms with Crippen molar-refractivity contribution in [1.29, 1.82) is 0 Å². The van der Waals surface area contributed by atoms with Crippen LogP contribution in [0.1, 0.15) is 49.7 Å². The Hall–Kier alpha value is -2.76. The topological polar surface area (TPSA) is 51.7 Å². The number of para-hydroxylation sites is 1. The molecule has 2 saturated heterocycles. The van der Waals surface area contributed by atoms with Gasteiger partial charge in [-0.25, -0.2) is 9.78 Å². The first-order valence-corrected chi connectivity index (χ1v) is 11.7. The molecule has 1 aromatic carbocycles. The van der Waals surface area contributed by atoms with Crippen molar-refractivity contribution in [3.05, 3.63) is 53.7 Å². The van der Waals surface area contributed by atoms with E-state index in [0.29, 0.717) is 13.1 Å². The second kappa shape index (κ2) is 10.5. The molecule has 0 aliphatic carbocycles. The number of carbonyl (C=O) groups is 1. The minimum absolute atomic E-state index is 0.0515. The van der Waals surface area contributed by atoms with Crippen LogP contribution in [0.15, 0.2) is 42.6 Å². The Morgan fingerprint density at radius 3 is 2.42 bits per heavy atom. The molecule has 2 fully saturated rings. The van der Waals surface area contributed by atoms with Crippen molar-refractivity contribution >= 4 is 17.5 Å². The number of hydrogen-bond acceptors (Lipinski definition) is 4. The van der Waals surface area contributed by atoms with Crippen LogP contribution in [0.5, 0.6) is 0 Å². The molecule has 2 aromatic rings. The van der Waals surface area contributed by atoms with Crippen molar-refractivity contribution in [2.24, 2.45) is 0 Å². The summed E-state index contributed by atoms with van der Waals surface area (Å²) in [6.45, 7) is 5.47. The first-order valence-electron chi connectivity index (χ1n) is 11.7. The van der Waals surface area contributed by atoms with Crippen LogP contribution in [-0.4, -0.2) is 49.1 Å². The van der Waals surface area contributed by atoms with Crippen molar-refractivity contribution < 1.29 is 4.79 Å². The molecule has 0 spiro atoms. The van der Waals surface area contributed by atoms with Crippen molar-refractivity contribution in [2.45, 2.75) is 51.6 Å². The molecule has 31 heavy (non-hydrogen) atoms. The normalized spacial score (nSPS) is 16.8. The largest absolute Gasteiger partial charge is 0.371 e. The summed E-state index contributed by atoms with van der Waals surface area (Å²) in [7, 11) is 1.87. The third kappa shape index (κ3) is 5.69. The number of amides is 2. The molecule has 0 atom stereocenters. The summed E-state index contributed by atoms with van der Waals surface area (Å²) < 4.78 is 0. The number of anilines is 2. The van der Waals surface area contributed by atoms with E-state index in [1.165, 1.54) is 49.8 Å².